The summed E-state index contributed by atoms with van der Waals surface area (Å²) >= 11 is 0. The van der Waals surface area contributed by atoms with E-state index in [1.807, 2.05) is 0 Å². The highest BCUT2D eigenvalue weighted by molar-refractivity contribution is 4.75. The van der Waals surface area contributed by atoms with E-state index in [1.54, 1.807) is 7.11 Å². The van der Waals surface area contributed by atoms with Crippen LogP contribution in [0.5, 0.6) is 0 Å². The van der Waals surface area contributed by atoms with Crippen LogP contribution in [-0.2, 0) is 9.47 Å². The molecule has 0 radical (unpaired) electrons. The molecule has 0 aromatic heterocycles. The Labute approximate surface area is 130 Å². The summed E-state index contributed by atoms with van der Waals surface area (Å²) in [5.41, 5.74) is 0. The molecule has 0 aromatic rings. The van der Waals surface area contributed by atoms with Gasteiger partial charge in [-0.25, -0.2) is 0 Å². The number of nitrogens with zero attached hydrogens (tertiary/aromatic N) is 1. The molecule has 1 saturated carbocycles. The lowest BCUT2D eigenvalue weighted by molar-refractivity contribution is -0.0885. The summed E-state index contributed by atoms with van der Waals surface area (Å²) in [7, 11) is 1.69. The highest BCUT2D eigenvalue weighted by Gasteiger charge is 2.19. The largest absolute Gasteiger partial charge is 0.359 e. The third-order valence-electron chi connectivity index (χ3n) is 4.92. The molecule has 4 heteroatoms. The second-order valence-corrected chi connectivity index (χ2v) is 6.61. The third-order valence-corrected chi connectivity index (χ3v) is 4.92. The van der Waals surface area contributed by atoms with Crippen LogP contribution in [0.4, 0.5) is 0 Å². The van der Waals surface area contributed by atoms with Gasteiger partial charge in [0.05, 0.1) is 6.10 Å². The highest BCUT2D eigenvalue weighted by atomic mass is 16.7. The van der Waals surface area contributed by atoms with Crippen LogP contribution in [0.15, 0.2) is 0 Å². The first-order chi connectivity index (χ1) is 10.4. The Balaban J connectivity index is 1.52. The molecule has 1 aliphatic carbocycles. The minimum absolute atomic E-state index is 0.403. The number of likely N-dealkylation sites (tertiary alicyclic amines) is 1. The molecule has 0 amide bonds. The average molecular weight is 298 g/mol. The van der Waals surface area contributed by atoms with Crippen molar-refractivity contribution in [3.05, 3.63) is 0 Å². The molecule has 1 saturated heterocycles. The van der Waals surface area contributed by atoms with Crippen molar-refractivity contribution in [3.8, 4) is 0 Å². The number of hydrogen-bond donors (Lipinski definition) is 1. The molecular formula is C17H34N2O2. The summed E-state index contributed by atoms with van der Waals surface area (Å²) in [6.45, 7) is 5.11. The van der Waals surface area contributed by atoms with Crippen molar-refractivity contribution in [2.75, 3.05) is 40.1 Å². The predicted molar refractivity (Wildman–Crippen MR) is 86.5 cm³/mol. The first-order valence-corrected chi connectivity index (χ1v) is 8.95. The van der Waals surface area contributed by atoms with Gasteiger partial charge in [-0.1, -0.05) is 32.1 Å². The Kier molecular flexibility index (Phi) is 8.64. The molecule has 4 nitrogen and oxygen atoms in total. The smallest absolute Gasteiger partial charge is 0.146 e. The van der Waals surface area contributed by atoms with E-state index in [4.69, 9.17) is 9.47 Å². The summed E-state index contributed by atoms with van der Waals surface area (Å²) < 4.78 is 10.6. The van der Waals surface area contributed by atoms with Crippen LogP contribution in [-0.4, -0.2) is 57.1 Å². The lowest BCUT2D eigenvalue weighted by Gasteiger charge is -2.32. The van der Waals surface area contributed by atoms with Crippen LogP contribution in [0.2, 0.25) is 0 Å². The average Bonchev–Trinajstić information content (AvgIpc) is 2.48. The lowest BCUT2D eigenvalue weighted by Crippen LogP contribution is -2.42. The number of hydrogen-bond acceptors (Lipinski definition) is 4. The maximum atomic E-state index is 5.64. The molecule has 1 N–H and O–H groups in total. The topological polar surface area (TPSA) is 33.7 Å². The Hall–Kier alpha value is -0.160. The van der Waals surface area contributed by atoms with E-state index in [0.717, 1.165) is 25.4 Å². The van der Waals surface area contributed by atoms with Gasteiger partial charge >= 0.3 is 0 Å². The van der Waals surface area contributed by atoms with Crippen LogP contribution < -0.4 is 5.32 Å². The summed E-state index contributed by atoms with van der Waals surface area (Å²) in [4.78, 5) is 2.57. The number of nitrogens with one attached hydrogen (secondary N) is 1. The normalized spacial score (nSPS) is 23.9. The molecule has 124 valence electrons. The summed E-state index contributed by atoms with van der Waals surface area (Å²) in [6, 6.07) is 0.771. The lowest BCUT2D eigenvalue weighted by atomic mass is 9.97. The maximum absolute atomic E-state index is 5.64. The highest BCUT2D eigenvalue weighted by Crippen LogP contribution is 2.17. The molecule has 0 aromatic carbocycles. The van der Waals surface area contributed by atoms with E-state index in [2.05, 4.69) is 10.2 Å². The van der Waals surface area contributed by atoms with Crippen molar-refractivity contribution in [2.24, 2.45) is 0 Å². The van der Waals surface area contributed by atoms with Gasteiger partial charge < -0.3 is 19.7 Å². The van der Waals surface area contributed by atoms with Gasteiger partial charge in [0.15, 0.2) is 0 Å². The van der Waals surface area contributed by atoms with E-state index in [0.29, 0.717) is 12.9 Å². The molecular weight excluding hydrogens is 264 g/mol. The SMILES string of the molecule is COCOC1CCN(CCNC2CCCCCCC2)CC1. The second kappa shape index (κ2) is 10.5. The Morgan fingerprint density at radius 1 is 0.952 bits per heavy atom. The molecule has 1 aliphatic heterocycles. The maximum Gasteiger partial charge on any atom is 0.146 e. The van der Waals surface area contributed by atoms with Crippen molar-refractivity contribution < 1.29 is 9.47 Å². The molecule has 0 atom stereocenters. The van der Waals surface area contributed by atoms with Crippen LogP contribution in [0.25, 0.3) is 0 Å². The standard InChI is InChI=1S/C17H34N2O2/c1-20-15-21-17-9-12-19(13-10-17)14-11-18-16-7-5-3-2-4-6-8-16/h16-18H,2-15H2,1H3. The molecule has 0 bridgehead atoms. The van der Waals surface area contributed by atoms with Crippen molar-refractivity contribution in [2.45, 2.75) is 69.9 Å². The molecule has 1 heterocycles. The zero-order chi connectivity index (χ0) is 14.8. The zero-order valence-electron chi connectivity index (χ0n) is 13.8. The number of rotatable bonds is 7. The second-order valence-electron chi connectivity index (χ2n) is 6.61. The third kappa shape index (κ3) is 7.09. The van der Waals surface area contributed by atoms with Crippen LogP contribution in [0.1, 0.15) is 57.8 Å². The van der Waals surface area contributed by atoms with Gasteiger partial charge in [-0.2, -0.15) is 0 Å². The quantitative estimate of drug-likeness (QED) is 0.733. The zero-order valence-corrected chi connectivity index (χ0v) is 13.8. The van der Waals surface area contributed by atoms with Crippen LogP contribution >= 0.6 is 0 Å². The fourth-order valence-corrected chi connectivity index (χ4v) is 3.55. The summed E-state index contributed by atoms with van der Waals surface area (Å²) in [5, 5.41) is 3.79. The summed E-state index contributed by atoms with van der Waals surface area (Å²) in [6.07, 6.45) is 12.6. The molecule has 0 unspecified atom stereocenters. The number of ether oxygens (including phenoxy) is 2. The molecule has 2 fully saturated rings. The fourth-order valence-electron chi connectivity index (χ4n) is 3.55. The monoisotopic (exact) mass is 298 g/mol. The minimum Gasteiger partial charge on any atom is -0.359 e. The first kappa shape index (κ1) is 17.2. The van der Waals surface area contributed by atoms with Gasteiger partial charge in [0.25, 0.3) is 0 Å². The van der Waals surface area contributed by atoms with Crippen LogP contribution in [0, 0.1) is 0 Å². The van der Waals surface area contributed by atoms with Gasteiger partial charge in [-0.15, -0.1) is 0 Å². The minimum atomic E-state index is 0.403. The van der Waals surface area contributed by atoms with E-state index >= 15 is 0 Å². The van der Waals surface area contributed by atoms with Crippen molar-refractivity contribution >= 4 is 0 Å². The van der Waals surface area contributed by atoms with Crippen molar-refractivity contribution in [1.29, 1.82) is 0 Å². The van der Waals surface area contributed by atoms with Gasteiger partial charge in [0.2, 0.25) is 0 Å². The molecule has 2 rings (SSSR count). The Bertz CT molecular complexity index is 247. The number of methoxy groups -OCH3 is 1. The van der Waals surface area contributed by atoms with Gasteiger partial charge in [-0.05, 0) is 25.7 Å². The Morgan fingerprint density at radius 3 is 2.29 bits per heavy atom. The van der Waals surface area contributed by atoms with E-state index in [-0.39, 0.29) is 0 Å². The van der Waals surface area contributed by atoms with Gasteiger partial charge in [0.1, 0.15) is 6.79 Å². The Morgan fingerprint density at radius 2 is 1.62 bits per heavy atom. The molecule has 2 aliphatic rings. The summed E-state index contributed by atoms with van der Waals surface area (Å²) in [5.74, 6) is 0. The van der Waals surface area contributed by atoms with E-state index < -0.39 is 0 Å². The van der Waals surface area contributed by atoms with Crippen molar-refractivity contribution in [1.82, 2.24) is 10.2 Å². The fraction of sp³-hybridized carbons (Fsp3) is 1.00. The van der Waals surface area contributed by atoms with Gasteiger partial charge in [-0.3, -0.25) is 0 Å². The molecule has 21 heavy (non-hydrogen) atoms. The molecule has 0 spiro atoms. The van der Waals surface area contributed by atoms with E-state index in [9.17, 15) is 0 Å². The van der Waals surface area contributed by atoms with Crippen LogP contribution in [0.3, 0.4) is 0 Å². The predicted octanol–water partition coefficient (Wildman–Crippen LogP) is 2.77. The first-order valence-electron chi connectivity index (χ1n) is 8.95. The van der Waals surface area contributed by atoms with Gasteiger partial charge in [0, 0.05) is 39.3 Å². The number of piperidine rings is 1. The van der Waals surface area contributed by atoms with Crippen molar-refractivity contribution in [3.63, 3.8) is 0 Å². The van der Waals surface area contributed by atoms with E-state index in [1.165, 1.54) is 64.6 Å².